The fourth-order valence-electron chi connectivity index (χ4n) is 1.43. The van der Waals surface area contributed by atoms with E-state index in [0.29, 0.717) is 22.1 Å². The van der Waals surface area contributed by atoms with Crippen molar-refractivity contribution in [2.24, 2.45) is 0 Å². The molecule has 2 rings (SSSR count). The van der Waals surface area contributed by atoms with Crippen molar-refractivity contribution in [3.8, 4) is 0 Å². The van der Waals surface area contributed by atoms with Gasteiger partial charge in [-0.15, -0.1) is 10.2 Å². The number of halogens is 1. The summed E-state index contributed by atoms with van der Waals surface area (Å²) in [6.07, 6.45) is 0. The van der Waals surface area contributed by atoms with Gasteiger partial charge in [-0.3, -0.25) is 4.79 Å². The van der Waals surface area contributed by atoms with E-state index in [-0.39, 0.29) is 11.9 Å². The monoisotopic (exact) mass is 266 g/mol. The number of H-pyrrole nitrogens is 1. The van der Waals surface area contributed by atoms with Crippen molar-refractivity contribution >= 4 is 23.2 Å². The van der Waals surface area contributed by atoms with Gasteiger partial charge in [-0.05, 0) is 25.1 Å². The van der Waals surface area contributed by atoms with E-state index in [1.54, 1.807) is 19.1 Å². The maximum Gasteiger partial charge on any atom is 0.253 e. The Hall–Kier alpha value is -2.15. The molecule has 0 radical (unpaired) electrons. The average Bonchev–Trinajstić information content (AvgIpc) is 2.81. The Morgan fingerprint density at radius 1 is 1.56 bits per heavy atom. The van der Waals surface area contributed by atoms with Crippen LogP contribution in [0.5, 0.6) is 0 Å². The highest BCUT2D eigenvalue weighted by Gasteiger charge is 2.16. The second kappa shape index (κ2) is 5.01. The quantitative estimate of drug-likeness (QED) is 0.716. The zero-order valence-electron chi connectivity index (χ0n) is 9.51. The van der Waals surface area contributed by atoms with Gasteiger partial charge in [0.25, 0.3) is 5.91 Å². The van der Waals surface area contributed by atoms with Crippen LogP contribution in [0.3, 0.4) is 0 Å². The van der Waals surface area contributed by atoms with Crippen molar-refractivity contribution in [1.82, 2.24) is 25.9 Å². The van der Waals surface area contributed by atoms with Gasteiger partial charge in [0, 0.05) is 10.7 Å². The van der Waals surface area contributed by atoms with Crippen molar-refractivity contribution in [1.29, 1.82) is 0 Å². The van der Waals surface area contributed by atoms with Gasteiger partial charge in [0.15, 0.2) is 5.82 Å². The molecule has 1 amide bonds. The number of rotatable bonds is 3. The number of nitrogens with zero attached hydrogens (tertiary/aromatic N) is 3. The number of benzene rings is 1. The van der Waals surface area contributed by atoms with E-state index < -0.39 is 0 Å². The number of carbonyl (C=O) groups is 1. The predicted octanol–water partition coefficient (Wildman–Crippen LogP) is 0.926. The molecule has 1 aromatic heterocycles. The molecule has 18 heavy (non-hydrogen) atoms. The van der Waals surface area contributed by atoms with Gasteiger partial charge in [-0.1, -0.05) is 16.8 Å². The summed E-state index contributed by atoms with van der Waals surface area (Å²) in [7, 11) is 0. The Kier molecular flexibility index (Phi) is 3.42. The van der Waals surface area contributed by atoms with Crippen molar-refractivity contribution < 1.29 is 4.79 Å². The first-order valence-electron chi connectivity index (χ1n) is 5.17. The Morgan fingerprint density at radius 3 is 2.94 bits per heavy atom. The summed E-state index contributed by atoms with van der Waals surface area (Å²) < 4.78 is 0. The number of aromatic nitrogens is 4. The summed E-state index contributed by atoms with van der Waals surface area (Å²) in [5.41, 5.74) is 6.40. The number of aromatic amines is 1. The number of anilines is 1. The summed E-state index contributed by atoms with van der Waals surface area (Å²) in [6, 6.07) is 4.32. The standard InChI is InChI=1S/C10H11ClN6O/c1-5(9-14-16-17-15-9)13-10(18)7-3-2-6(11)4-8(7)12/h2-5H,12H2,1H3,(H,13,18)(H,14,15,16,17). The van der Waals surface area contributed by atoms with Crippen LogP contribution in [0.1, 0.15) is 29.1 Å². The molecule has 0 fully saturated rings. The van der Waals surface area contributed by atoms with E-state index in [1.807, 2.05) is 0 Å². The lowest BCUT2D eigenvalue weighted by molar-refractivity contribution is 0.0939. The van der Waals surface area contributed by atoms with E-state index >= 15 is 0 Å². The maximum atomic E-state index is 12.0. The van der Waals surface area contributed by atoms with Crippen molar-refractivity contribution in [3.05, 3.63) is 34.6 Å². The van der Waals surface area contributed by atoms with Gasteiger partial charge in [-0.2, -0.15) is 5.21 Å². The number of carbonyl (C=O) groups excluding carboxylic acids is 1. The molecular weight excluding hydrogens is 256 g/mol. The number of hydrogen-bond acceptors (Lipinski definition) is 5. The number of nitrogens with one attached hydrogen (secondary N) is 2. The molecule has 0 saturated carbocycles. The molecular formula is C10H11ClN6O. The highest BCUT2D eigenvalue weighted by Crippen LogP contribution is 2.18. The Bertz CT molecular complexity index is 556. The third kappa shape index (κ3) is 2.57. The molecule has 1 unspecified atom stereocenters. The lowest BCUT2D eigenvalue weighted by Crippen LogP contribution is -2.28. The van der Waals surface area contributed by atoms with Gasteiger partial charge in [0.1, 0.15) is 0 Å². The van der Waals surface area contributed by atoms with Crippen molar-refractivity contribution in [2.75, 3.05) is 5.73 Å². The zero-order valence-corrected chi connectivity index (χ0v) is 10.3. The minimum atomic E-state index is -0.369. The van der Waals surface area contributed by atoms with Crippen LogP contribution < -0.4 is 11.1 Å². The normalized spacial score (nSPS) is 12.1. The van der Waals surface area contributed by atoms with E-state index in [9.17, 15) is 4.79 Å². The summed E-state index contributed by atoms with van der Waals surface area (Å²) in [4.78, 5) is 12.0. The molecule has 8 heteroatoms. The second-order valence-corrected chi connectivity index (χ2v) is 4.13. The molecule has 94 valence electrons. The minimum absolute atomic E-state index is 0.318. The highest BCUT2D eigenvalue weighted by molar-refractivity contribution is 6.31. The Morgan fingerprint density at radius 2 is 2.33 bits per heavy atom. The molecule has 4 N–H and O–H groups in total. The van der Waals surface area contributed by atoms with Gasteiger partial charge < -0.3 is 11.1 Å². The summed E-state index contributed by atoms with van der Waals surface area (Å²) in [5, 5.41) is 16.5. The number of nitrogen functional groups attached to an aromatic ring is 1. The van der Waals surface area contributed by atoms with Crippen LogP contribution in [0.4, 0.5) is 5.69 Å². The van der Waals surface area contributed by atoms with Crippen LogP contribution >= 0.6 is 11.6 Å². The number of hydrogen-bond donors (Lipinski definition) is 3. The first-order valence-corrected chi connectivity index (χ1v) is 5.55. The molecule has 0 aliphatic heterocycles. The van der Waals surface area contributed by atoms with E-state index in [0.717, 1.165) is 0 Å². The first-order chi connectivity index (χ1) is 8.58. The van der Waals surface area contributed by atoms with Gasteiger partial charge in [0.05, 0.1) is 11.6 Å². The average molecular weight is 267 g/mol. The predicted molar refractivity (Wildman–Crippen MR) is 65.9 cm³/mol. The molecule has 0 aliphatic carbocycles. The summed E-state index contributed by atoms with van der Waals surface area (Å²) >= 11 is 5.76. The smallest absolute Gasteiger partial charge is 0.253 e. The SMILES string of the molecule is CC(NC(=O)c1ccc(Cl)cc1N)c1nn[nH]n1. The van der Waals surface area contributed by atoms with Crippen molar-refractivity contribution in [2.45, 2.75) is 13.0 Å². The number of tetrazole rings is 1. The van der Waals surface area contributed by atoms with Gasteiger partial charge in [0.2, 0.25) is 0 Å². The van der Waals surface area contributed by atoms with Crippen LogP contribution in [-0.2, 0) is 0 Å². The molecule has 0 saturated heterocycles. The maximum absolute atomic E-state index is 12.0. The lowest BCUT2D eigenvalue weighted by Gasteiger charge is -2.11. The molecule has 0 aliphatic rings. The summed E-state index contributed by atoms with van der Waals surface area (Å²) in [6.45, 7) is 1.74. The largest absolute Gasteiger partial charge is 0.398 e. The fraction of sp³-hybridized carbons (Fsp3) is 0.200. The number of nitrogens with two attached hydrogens (primary N) is 1. The minimum Gasteiger partial charge on any atom is -0.398 e. The zero-order chi connectivity index (χ0) is 13.1. The third-order valence-corrected chi connectivity index (χ3v) is 2.59. The van der Waals surface area contributed by atoms with Crippen molar-refractivity contribution in [3.63, 3.8) is 0 Å². The van der Waals surface area contributed by atoms with Gasteiger partial charge in [-0.25, -0.2) is 0 Å². The second-order valence-electron chi connectivity index (χ2n) is 3.70. The summed E-state index contributed by atoms with van der Waals surface area (Å²) in [5.74, 6) is 0.0809. The van der Waals surface area contributed by atoms with Crippen LogP contribution in [0.2, 0.25) is 5.02 Å². The van der Waals surface area contributed by atoms with E-state index in [4.69, 9.17) is 17.3 Å². The Balaban J connectivity index is 2.12. The fourth-order valence-corrected chi connectivity index (χ4v) is 1.61. The van der Waals surface area contributed by atoms with E-state index in [2.05, 4.69) is 25.9 Å². The van der Waals surface area contributed by atoms with Crippen LogP contribution in [0, 0.1) is 0 Å². The van der Waals surface area contributed by atoms with Gasteiger partial charge >= 0.3 is 0 Å². The highest BCUT2D eigenvalue weighted by atomic mass is 35.5. The van der Waals surface area contributed by atoms with E-state index in [1.165, 1.54) is 6.07 Å². The molecule has 1 aromatic carbocycles. The third-order valence-electron chi connectivity index (χ3n) is 2.35. The molecule has 7 nitrogen and oxygen atoms in total. The Labute approximate surface area is 108 Å². The van der Waals surface area contributed by atoms with Crippen LogP contribution in [0.15, 0.2) is 18.2 Å². The first kappa shape index (κ1) is 12.3. The lowest BCUT2D eigenvalue weighted by atomic mass is 10.1. The molecule has 2 aromatic rings. The molecule has 1 heterocycles. The van der Waals surface area contributed by atoms with Crippen LogP contribution in [0.25, 0.3) is 0 Å². The molecule has 0 spiro atoms. The molecule has 0 bridgehead atoms. The number of amides is 1. The molecule has 1 atom stereocenters. The topological polar surface area (TPSA) is 110 Å². The van der Waals surface area contributed by atoms with Crippen LogP contribution in [-0.4, -0.2) is 26.5 Å².